The van der Waals surface area contributed by atoms with E-state index in [1.54, 1.807) is 25.1 Å². The van der Waals surface area contributed by atoms with E-state index in [1.165, 1.54) is 12.1 Å². The molecule has 0 spiro atoms. The molecular weight excluding hydrogens is 331 g/mol. The summed E-state index contributed by atoms with van der Waals surface area (Å²) in [7, 11) is 3.52. The van der Waals surface area contributed by atoms with E-state index in [4.69, 9.17) is 0 Å². The van der Waals surface area contributed by atoms with Crippen LogP contribution >= 0.6 is 0 Å². The molecule has 1 fully saturated rings. The van der Waals surface area contributed by atoms with Gasteiger partial charge in [-0.15, -0.1) is 0 Å². The molecule has 1 N–H and O–H groups in total. The number of fused-ring (bicyclic) bond motifs is 1. The van der Waals surface area contributed by atoms with Crippen LogP contribution in [0.5, 0.6) is 0 Å². The van der Waals surface area contributed by atoms with Crippen LogP contribution in [0.2, 0.25) is 0 Å². The predicted molar refractivity (Wildman–Crippen MR) is 101 cm³/mol. The zero-order valence-electron chi connectivity index (χ0n) is 15.9. The monoisotopic (exact) mass is 358 g/mol. The predicted octanol–water partition coefficient (Wildman–Crippen LogP) is 3.10. The first kappa shape index (κ1) is 18.6. The van der Waals surface area contributed by atoms with Crippen molar-refractivity contribution in [1.82, 2.24) is 20.1 Å². The van der Waals surface area contributed by atoms with Crippen molar-refractivity contribution in [1.29, 1.82) is 0 Å². The number of nitrogens with zero attached hydrogens (tertiary/aromatic N) is 3. The van der Waals surface area contributed by atoms with Crippen LogP contribution in [0, 0.1) is 17.7 Å². The van der Waals surface area contributed by atoms with Crippen molar-refractivity contribution in [2.75, 3.05) is 27.2 Å². The van der Waals surface area contributed by atoms with Gasteiger partial charge < -0.3 is 10.2 Å². The minimum Gasteiger partial charge on any atom is -0.334 e. The Morgan fingerprint density at radius 2 is 2.08 bits per heavy atom. The third-order valence-corrected chi connectivity index (χ3v) is 5.11. The topological polar surface area (TPSA) is 48.5 Å². The summed E-state index contributed by atoms with van der Waals surface area (Å²) in [5.74, 6) is 0.652. The fourth-order valence-corrected chi connectivity index (χ4v) is 3.61. The maximum Gasteiger partial charge on any atom is 0.317 e. The van der Waals surface area contributed by atoms with E-state index in [9.17, 15) is 9.18 Å². The molecule has 1 aliphatic rings. The first-order valence-corrected chi connectivity index (χ1v) is 9.09. The fraction of sp³-hybridized carbons (Fsp3) is 0.500. The first-order valence-electron chi connectivity index (χ1n) is 9.09. The van der Waals surface area contributed by atoms with Gasteiger partial charge in [0.1, 0.15) is 5.82 Å². The average Bonchev–Trinajstić information content (AvgIpc) is 2.97. The number of pyridine rings is 1. The number of hydrogen-bond donors (Lipinski definition) is 1. The summed E-state index contributed by atoms with van der Waals surface area (Å²) in [6.45, 7) is 6.87. The van der Waals surface area contributed by atoms with Crippen LogP contribution in [0.4, 0.5) is 9.18 Å². The fourth-order valence-electron chi connectivity index (χ4n) is 3.61. The summed E-state index contributed by atoms with van der Waals surface area (Å²) in [5.41, 5.74) is 1.77. The van der Waals surface area contributed by atoms with Gasteiger partial charge in [0.25, 0.3) is 0 Å². The van der Waals surface area contributed by atoms with E-state index in [-0.39, 0.29) is 17.9 Å². The van der Waals surface area contributed by atoms with E-state index < -0.39 is 0 Å². The highest BCUT2D eigenvalue weighted by atomic mass is 19.1. The molecule has 2 aromatic rings. The molecule has 1 aromatic carbocycles. The van der Waals surface area contributed by atoms with Crippen LogP contribution in [-0.2, 0) is 6.54 Å². The Morgan fingerprint density at radius 3 is 2.77 bits per heavy atom. The Bertz CT molecular complexity index is 792. The van der Waals surface area contributed by atoms with Gasteiger partial charge in [-0.2, -0.15) is 0 Å². The van der Waals surface area contributed by atoms with Gasteiger partial charge in [-0.25, -0.2) is 9.18 Å². The van der Waals surface area contributed by atoms with E-state index in [2.05, 4.69) is 29.0 Å². The quantitative estimate of drug-likeness (QED) is 0.914. The molecule has 1 aliphatic heterocycles. The van der Waals surface area contributed by atoms with Crippen molar-refractivity contribution < 1.29 is 9.18 Å². The zero-order chi connectivity index (χ0) is 18.8. The number of carbonyl (C=O) groups is 1. The molecule has 1 saturated heterocycles. The minimum atomic E-state index is -0.245. The second kappa shape index (κ2) is 7.58. The molecule has 0 unspecified atom stereocenters. The normalized spacial score (nSPS) is 20.7. The Labute approximate surface area is 154 Å². The second-order valence-corrected chi connectivity index (χ2v) is 7.69. The van der Waals surface area contributed by atoms with Crippen molar-refractivity contribution in [3.05, 3.63) is 41.8 Å². The average molecular weight is 358 g/mol. The second-order valence-electron chi connectivity index (χ2n) is 7.69. The molecule has 26 heavy (non-hydrogen) atoms. The smallest absolute Gasteiger partial charge is 0.317 e. The van der Waals surface area contributed by atoms with Crippen molar-refractivity contribution in [2.24, 2.45) is 11.8 Å². The number of carbonyl (C=O) groups excluding carboxylic acids is 1. The maximum atomic E-state index is 13.3. The molecule has 0 bridgehead atoms. The lowest BCUT2D eigenvalue weighted by atomic mass is 9.91. The molecule has 0 saturated carbocycles. The van der Waals surface area contributed by atoms with Crippen LogP contribution in [0.3, 0.4) is 0 Å². The summed E-state index contributed by atoms with van der Waals surface area (Å²) in [6, 6.07) is 8.63. The molecule has 5 nitrogen and oxygen atoms in total. The molecule has 140 valence electrons. The summed E-state index contributed by atoms with van der Waals surface area (Å²) < 4.78 is 13.3. The number of amides is 2. The molecule has 2 amide bonds. The summed E-state index contributed by atoms with van der Waals surface area (Å²) in [4.78, 5) is 20.6. The zero-order valence-corrected chi connectivity index (χ0v) is 15.9. The summed E-state index contributed by atoms with van der Waals surface area (Å²) in [5, 5.41) is 3.96. The molecular formula is C20H27FN4O. The molecule has 1 aromatic heterocycles. The number of halogens is 1. The number of benzene rings is 1. The van der Waals surface area contributed by atoms with E-state index >= 15 is 0 Å². The molecule has 6 heteroatoms. The van der Waals surface area contributed by atoms with Gasteiger partial charge in [0.2, 0.25) is 0 Å². The highest BCUT2D eigenvalue weighted by Gasteiger charge is 2.35. The molecule has 2 heterocycles. The van der Waals surface area contributed by atoms with Crippen LogP contribution in [0.1, 0.15) is 19.5 Å². The first-order chi connectivity index (χ1) is 12.3. The van der Waals surface area contributed by atoms with Gasteiger partial charge in [-0.3, -0.25) is 9.88 Å². The Hall–Kier alpha value is -2.21. The van der Waals surface area contributed by atoms with Gasteiger partial charge in [-0.1, -0.05) is 19.9 Å². The van der Waals surface area contributed by atoms with Crippen molar-refractivity contribution in [3.8, 4) is 0 Å². The third kappa shape index (κ3) is 4.12. The Kier molecular flexibility index (Phi) is 5.41. The lowest BCUT2D eigenvalue weighted by molar-refractivity contribution is 0.207. The molecule has 3 rings (SSSR count). The van der Waals surface area contributed by atoms with Gasteiger partial charge in [0.15, 0.2) is 0 Å². The van der Waals surface area contributed by atoms with Crippen molar-refractivity contribution >= 4 is 16.9 Å². The molecule has 2 atom stereocenters. The standard InChI is InChI=1S/C20H27FN4O/c1-13(2)17-11-25(12-19(17)23-20(26)24(3)4)10-16-7-5-14-9-15(21)6-8-18(14)22-16/h5-9,13,17,19H,10-12H2,1-4H3,(H,23,26)/t17-,19+/m0/s1. The maximum absolute atomic E-state index is 13.3. The van der Waals surface area contributed by atoms with Crippen LogP contribution in [0.25, 0.3) is 10.9 Å². The van der Waals surface area contributed by atoms with Crippen LogP contribution in [-0.4, -0.2) is 54.0 Å². The van der Waals surface area contributed by atoms with Gasteiger partial charge >= 0.3 is 6.03 Å². The lowest BCUT2D eigenvalue weighted by Gasteiger charge is -2.24. The minimum absolute atomic E-state index is 0.0478. The van der Waals surface area contributed by atoms with Crippen LogP contribution < -0.4 is 5.32 Å². The van der Waals surface area contributed by atoms with Gasteiger partial charge in [-0.05, 0) is 36.1 Å². The summed E-state index contributed by atoms with van der Waals surface area (Å²) in [6.07, 6.45) is 0. The Balaban J connectivity index is 1.71. The number of hydrogen-bond acceptors (Lipinski definition) is 3. The van der Waals surface area contributed by atoms with Gasteiger partial charge in [0, 0.05) is 45.2 Å². The van der Waals surface area contributed by atoms with Crippen molar-refractivity contribution in [2.45, 2.75) is 26.4 Å². The van der Waals surface area contributed by atoms with E-state index in [0.717, 1.165) is 36.2 Å². The van der Waals surface area contributed by atoms with E-state index in [0.29, 0.717) is 11.8 Å². The van der Waals surface area contributed by atoms with Crippen molar-refractivity contribution in [3.63, 3.8) is 0 Å². The summed E-state index contributed by atoms with van der Waals surface area (Å²) >= 11 is 0. The largest absolute Gasteiger partial charge is 0.334 e. The SMILES string of the molecule is CC(C)[C@@H]1CN(Cc2ccc3cc(F)ccc3n2)C[C@H]1NC(=O)N(C)C. The highest BCUT2D eigenvalue weighted by Crippen LogP contribution is 2.26. The number of urea groups is 1. The van der Waals surface area contributed by atoms with E-state index in [1.807, 2.05) is 12.1 Å². The molecule has 0 aliphatic carbocycles. The lowest BCUT2D eigenvalue weighted by Crippen LogP contribution is -2.46. The number of aromatic nitrogens is 1. The number of nitrogens with one attached hydrogen (secondary N) is 1. The molecule has 0 radical (unpaired) electrons. The number of likely N-dealkylation sites (tertiary alicyclic amines) is 1. The van der Waals surface area contributed by atoms with Crippen LogP contribution in [0.15, 0.2) is 30.3 Å². The Morgan fingerprint density at radius 1 is 1.31 bits per heavy atom. The van der Waals surface area contributed by atoms with Gasteiger partial charge in [0.05, 0.1) is 11.2 Å². The third-order valence-electron chi connectivity index (χ3n) is 5.11. The number of rotatable bonds is 4. The highest BCUT2D eigenvalue weighted by molar-refractivity contribution is 5.78.